The van der Waals surface area contributed by atoms with Crippen molar-refractivity contribution in [3.63, 3.8) is 0 Å². The van der Waals surface area contributed by atoms with Crippen molar-refractivity contribution < 1.29 is 11.3 Å². The van der Waals surface area contributed by atoms with Crippen LogP contribution in [0.15, 0.2) is 95.3 Å². The molecule has 362 valence electrons. The molecule has 70 heavy (non-hydrogen) atoms. The van der Waals surface area contributed by atoms with Crippen LogP contribution in [-0.4, -0.2) is 6.71 Å². The third kappa shape index (κ3) is 6.51. The van der Waals surface area contributed by atoms with Gasteiger partial charge < -0.3 is 9.32 Å². The van der Waals surface area contributed by atoms with Crippen molar-refractivity contribution in [2.75, 3.05) is 9.80 Å². The smallest absolute Gasteiger partial charge is 0.256 e. The summed E-state index contributed by atoms with van der Waals surface area (Å²) in [4.78, 5) is 4.90. The topological polar surface area (TPSA) is 19.6 Å². The van der Waals surface area contributed by atoms with Gasteiger partial charge in [-0.15, -0.1) is 0 Å². The van der Waals surface area contributed by atoms with Gasteiger partial charge in [0, 0.05) is 33.9 Å². The lowest BCUT2D eigenvalue weighted by Gasteiger charge is -2.48. The summed E-state index contributed by atoms with van der Waals surface area (Å²) in [5.41, 5.74) is 18.4. The molecular formula is C66H79BN2O. The molecule has 4 aliphatic carbocycles. The third-order valence-corrected chi connectivity index (χ3v) is 19.5. The fraction of sp³-hybridized carbons (Fsp3) is 0.485. The van der Waals surface area contributed by atoms with E-state index >= 15 is 0 Å². The van der Waals surface area contributed by atoms with Crippen LogP contribution in [0.3, 0.4) is 0 Å². The molecule has 0 spiro atoms. The van der Waals surface area contributed by atoms with Crippen molar-refractivity contribution >= 4 is 57.4 Å². The highest BCUT2D eigenvalue weighted by molar-refractivity contribution is 7.00. The van der Waals surface area contributed by atoms with Crippen LogP contribution in [0.25, 0.3) is 11.1 Å². The minimum absolute atomic E-state index is 0.00376. The van der Waals surface area contributed by atoms with Crippen LogP contribution >= 0.6 is 0 Å². The van der Waals surface area contributed by atoms with E-state index in [0.717, 1.165) is 96.9 Å². The molecule has 6 aliphatic rings. The van der Waals surface area contributed by atoms with E-state index in [4.69, 9.17) is 8.53 Å². The van der Waals surface area contributed by atoms with Crippen molar-refractivity contribution in [3.05, 3.63) is 136 Å². The first kappa shape index (κ1) is 40.6. The number of hydrogen-bond acceptors (Lipinski definition) is 3. The summed E-state index contributed by atoms with van der Waals surface area (Å²) in [5, 5.41) is 0. The summed E-state index contributed by atoms with van der Waals surface area (Å²) in [6.45, 7) is 38.1. The molecule has 0 unspecified atom stereocenters. The molecule has 4 heteroatoms. The number of anilines is 6. The molecule has 0 saturated heterocycles. The molecule has 12 rings (SSSR count). The predicted octanol–water partition coefficient (Wildman–Crippen LogP) is 16.4. The first-order valence-corrected chi connectivity index (χ1v) is 26.7. The second kappa shape index (κ2) is 14.4. The Balaban J connectivity index is 1.28. The summed E-state index contributed by atoms with van der Waals surface area (Å²) >= 11 is 0. The van der Waals surface area contributed by atoms with Gasteiger partial charge in [0.05, 0.1) is 6.85 Å². The van der Waals surface area contributed by atoms with Gasteiger partial charge in [0.1, 0.15) is 5.76 Å². The normalized spacial score (nSPS) is 23.7. The second-order valence-corrected chi connectivity index (χ2v) is 28.0. The van der Waals surface area contributed by atoms with Gasteiger partial charge in [-0.05, 0) is 198 Å². The van der Waals surface area contributed by atoms with Gasteiger partial charge in [0.2, 0.25) is 0 Å². The Morgan fingerprint density at radius 2 is 0.843 bits per heavy atom. The zero-order valence-electron chi connectivity index (χ0n) is 50.3. The lowest BCUT2D eigenvalue weighted by Crippen LogP contribution is -2.63. The Labute approximate surface area is 429 Å². The zero-order chi connectivity index (χ0) is 54.0. The molecule has 0 radical (unpaired) electrons. The monoisotopic (exact) mass is 932 g/mol. The fourth-order valence-electron chi connectivity index (χ4n) is 14.4. The van der Waals surface area contributed by atoms with Crippen LogP contribution < -0.4 is 26.2 Å². The molecule has 3 nitrogen and oxygen atoms in total. The van der Waals surface area contributed by atoms with Crippen LogP contribution in [0.2, 0.25) is 0 Å². The number of nitrogens with zero attached hydrogens (tertiary/aromatic N) is 2. The van der Waals surface area contributed by atoms with Gasteiger partial charge in [0.15, 0.2) is 5.88 Å². The van der Waals surface area contributed by atoms with E-state index in [1.165, 1.54) is 49.9 Å². The Kier molecular flexibility index (Phi) is 8.34. The van der Waals surface area contributed by atoms with Gasteiger partial charge in [0.25, 0.3) is 6.71 Å². The molecule has 0 N–H and O–H groups in total. The zero-order valence-corrected chi connectivity index (χ0v) is 45.3. The first-order valence-electron chi connectivity index (χ1n) is 29.2. The second-order valence-electron chi connectivity index (χ2n) is 28.0. The van der Waals surface area contributed by atoms with Crippen molar-refractivity contribution in [2.45, 2.75) is 205 Å². The lowest BCUT2D eigenvalue weighted by atomic mass is 9.32. The summed E-state index contributed by atoms with van der Waals surface area (Å²) < 4.78 is 53.7. The maximum absolute atomic E-state index is 9.57. The minimum atomic E-state index is -0.393. The SMILES string of the molecule is [2H]c1c([2H])c([2H])c(-c2cc3c4c(c2)N(c2ccc5c(c2)C(C)(C)CCC5(C)C)c2oc5c(c2B4c2cc4c(cc2N3c2ccc3c(c2)C(C)(C)CCC3(C)C)C(C)(C)CCC4(C)C)C(C)(C)CCC5(C)C)c([2H])c1[2H]. The minimum Gasteiger partial charge on any atom is -0.444 e. The van der Waals surface area contributed by atoms with Crippen LogP contribution in [0.1, 0.15) is 214 Å². The molecule has 0 saturated carbocycles. The van der Waals surface area contributed by atoms with Crippen LogP contribution in [-0.2, 0) is 43.3 Å². The number of hydrogen-bond donors (Lipinski definition) is 0. The van der Waals surface area contributed by atoms with E-state index in [-0.39, 0.29) is 79.8 Å². The molecule has 1 aromatic heterocycles. The van der Waals surface area contributed by atoms with E-state index < -0.39 is 6.04 Å². The van der Waals surface area contributed by atoms with E-state index in [1.54, 1.807) is 0 Å². The largest absolute Gasteiger partial charge is 0.444 e. The van der Waals surface area contributed by atoms with Gasteiger partial charge in [-0.1, -0.05) is 159 Å². The van der Waals surface area contributed by atoms with Crippen molar-refractivity contribution in [1.29, 1.82) is 0 Å². The molecule has 0 fully saturated rings. The number of furan rings is 1. The third-order valence-electron chi connectivity index (χ3n) is 19.5. The molecule has 0 atom stereocenters. The predicted molar refractivity (Wildman–Crippen MR) is 299 cm³/mol. The molecule has 2 aliphatic heterocycles. The summed E-state index contributed by atoms with van der Waals surface area (Å²) in [6, 6.07) is 22.3. The van der Waals surface area contributed by atoms with Gasteiger partial charge >= 0.3 is 0 Å². The summed E-state index contributed by atoms with van der Waals surface area (Å²) in [5.74, 6) is 1.88. The van der Waals surface area contributed by atoms with Crippen LogP contribution in [0, 0.1) is 0 Å². The first-order chi connectivity index (χ1) is 34.7. The molecule has 5 aromatic carbocycles. The molecule has 0 amide bonds. The van der Waals surface area contributed by atoms with Crippen molar-refractivity contribution in [1.82, 2.24) is 0 Å². The van der Waals surface area contributed by atoms with Crippen molar-refractivity contribution in [2.24, 2.45) is 0 Å². The van der Waals surface area contributed by atoms with E-state index in [9.17, 15) is 2.74 Å². The average Bonchev–Trinajstić information content (AvgIpc) is 3.84. The average molecular weight is 932 g/mol. The number of fused-ring (bicyclic) bond motifs is 9. The van der Waals surface area contributed by atoms with Crippen LogP contribution in [0.4, 0.5) is 34.3 Å². The molecule has 0 bridgehead atoms. The Bertz CT molecular complexity index is 3470. The maximum atomic E-state index is 9.57. The van der Waals surface area contributed by atoms with Crippen LogP contribution in [0.5, 0.6) is 0 Å². The van der Waals surface area contributed by atoms with E-state index in [2.05, 4.69) is 181 Å². The van der Waals surface area contributed by atoms with E-state index in [0.29, 0.717) is 5.56 Å². The molecular weight excluding hydrogens is 848 g/mol. The Hall–Kier alpha value is -4.96. The quantitative estimate of drug-likeness (QED) is 0.165. The lowest BCUT2D eigenvalue weighted by molar-refractivity contribution is 0.280. The molecule has 3 heterocycles. The summed E-state index contributed by atoms with van der Waals surface area (Å²) in [7, 11) is 0. The highest BCUT2D eigenvalue weighted by Crippen LogP contribution is 2.57. The Morgan fingerprint density at radius 1 is 0.414 bits per heavy atom. The van der Waals surface area contributed by atoms with Gasteiger partial charge in [-0.25, -0.2) is 0 Å². The standard InChI is InChI=1S/C66H79BN2O/c1-59(2)26-28-61(5,6)46-36-42(22-24-44(46)59)68-51-39-49-48(63(9,10)30-31-64(49,11)12)38-50(51)67-55-52(68)34-41(40-20-18-17-19-21-40)35-53(55)69(43-23-25-45-47(37-43)62(7,8)29-27-60(45,3)4)58-56(67)54-57(70-58)66(15,16)33-32-65(54,13)14/h17-25,34-39H,26-33H2,1-16H3/i17D,18D,19D,20D,21D. The Morgan fingerprint density at radius 3 is 1.37 bits per heavy atom. The van der Waals surface area contributed by atoms with Gasteiger partial charge in [-0.3, -0.25) is 4.90 Å². The summed E-state index contributed by atoms with van der Waals surface area (Å²) in [6.07, 6.45) is 8.55. The van der Waals surface area contributed by atoms with E-state index in [1.807, 2.05) is 0 Å². The number of benzene rings is 5. The molecule has 6 aromatic rings. The highest BCUT2D eigenvalue weighted by Gasteiger charge is 2.54. The fourth-order valence-corrected chi connectivity index (χ4v) is 14.4. The maximum Gasteiger partial charge on any atom is 0.256 e. The number of rotatable bonds is 3. The van der Waals surface area contributed by atoms with Gasteiger partial charge in [-0.2, -0.15) is 0 Å². The highest BCUT2D eigenvalue weighted by atomic mass is 16.4. The van der Waals surface area contributed by atoms with Crippen molar-refractivity contribution in [3.8, 4) is 11.1 Å².